The van der Waals surface area contributed by atoms with E-state index in [0.29, 0.717) is 11.4 Å². The molecule has 3 rings (SSSR count). The molecule has 9 heteroatoms. The number of halogens is 1. The van der Waals surface area contributed by atoms with Crippen molar-refractivity contribution in [2.45, 2.75) is 11.8 Å². The Morgan fingerprint density at radius 1 is 0.800 bits per heavy atom. The van der Waals surface area contributed by atoms with Crippen molar-refractivity contribution in [1.29, 1.82) is 0 Å². The van der Waals surface area contributed by atoms with Crippen molar-refractivity contribution in [3.05, 3.63) is 83.4 Å². The molecule has 0 bridgehead atoms. The second-order valence-corrected chi connectivity index (χ2v) is 8.42. The van der Waals surface area contributed by atoms with Gasteiger partial charge in [0.05, 0.1) is 21.2 Å². The molecule has 0 radical (unpaired) electrons. The standard InChI is InChI=1S/C21H18ClN3O4S/c1-14(26)23-15-7-9-16(10-8-15)24-21(27)19-12-11-17(13-20(19)22)25-30(28,29)18-5-3-2-4-6-18/h2-13,25H,1H3,(H,23,26)(H,24,27). The van der Waals surface area contributed by atoms with E-state index in [4.69, 9.17) is 11.6 Å². The van der Waals surface area contributed by atoms with Gasteiger partial charge in [-0.1, -0.05) is 29.8 Å². The van der Waals surface area contributed by atoms with Crippen LogP contribution >= 0.6 is 11.6 Å². The van der Waals surface area contributed by atoms with Crippen molar-refractivity contribution in [2.24, 2.45) is 0 Å². The predicted molar refractivity (Wildman–Crippen MR) is 117 cm³/mol. The molecule has 0 heterocycles. The fraction of sp³-hybridized carbons (Fsp3) is 0.0476. The molecule has 0 saturated heterocycles. The maximum Gasteiger partial charge on any atom is 0.261 e. The molecular weight excluding hydrogens is 426 g/mol. The fourth-order valence-corrected chi connectivity index (χ4v) is 3.95. The van der Waals surface area contributed by atoms with Gasteiger partial charge in [0, 0.05) is 18.3 Å². The van der Waals surface area contributed by atoms with Crippen LogP contribution in [0.3, 0.4) is 0 Å². The van der Waals surface area contributed by atoms with Crippen LogP contribution in [0.4, 0.5) is 17.1 Å². The molecule has 0 aliphatic rings. The van der Waals surface area contributed by atoms with Crippen LogP contribution in [-0.4, -0.2) is 20.2 Å². The summed E-state index contributed by atoms with van der Waals surface area (Å²) in [4.78, 5) is 23.7. The molecule has 3 aromatic carbocycles. The van der Waals surface area contributed by atoms with E-state index in [1.165, 1.54) is 37.3 Å². The quantitative estimate of drug-likeness (QED) is 0.526. The van der Waals surface area contributed by atoms with Crippen LogP contribution in [0.25, 0.3) is 0 Å². The zero-order chi connectivity index (χ0) is 21.7. The largest absolute Gasteiger partial charge is 0.326 e. The molecule has 30 heavy (non-hydrogen) atoms. The van der Waals surface area contributed by atoms with E-state index in [2.05, 4.69) is 15.4 Å². The number of amides is 2. The minimum absolute atomic E-state index is 0.0932. The van der Waals surface area contributed by atoms with E-state index in [1.54, 1.807) is 42.5 Å². The summed E-state index contributed by atoms with van der Waals surface area (Å²) in [6.07, 6.45) is 0. The van der Waals surface area contributed by atoms with E-state index >= 15 is 0 Å². The molecule has 0 atom stereocenters. The van der Waals surface area contributed by atoms with Crippen LogP contribution in [0.1, 0.15) is 17.3 Å². The van der Waals surface area contributed by atoms with Crippen molar-refractivity contribution in [1.82, 2.24) is 0 Å². The van der Waals surface area contributed by atoms with E-state index in [-0.39, 0.29) is 27.1 Å². The first-order valence-electron chi connectivity index (χ1n) is 8.81. The molecular formula is C21H18ClN3O4S. The molecule has 0 aliphatic heterocycles. The van der Waals surface area contributed by atoms with E-state index in [0.717, 1.165) is 0 Å². The van der Waals surface area contributed by atoms with Crippen molar-refractivity contribution in [3.8, 4) is 0 Å². The Kier molecular flexibility index (Phi) is 6.39. The van der Waals surface area contributed by atoms with Crippen molar-refractivity contribution in [2.75, 3.05) is 15.4 Å². The summed E-state index contributed by atoms with van der Waals surface area (Å²) in [5, 5.41) is 5.43. The topological polar surface area (TPSA) is 104 Å². The van der Waals surface area contributed by atoms with E-state index in [9.17, 15) is 18.0 Å². The Morgan fingerprint density at radius 2 is 1.37 bits per heavy atom. The number of rotatable bonds is 6. The Bertz CT molecular complexity index is 1180. The molecule has 0 saturated carbocycles. The summed E-state index contributed by atoms with van der Waals surface area (Å²) in [5.74, 6) is -0.647. The van der Waals surface area contributed by atoms with Gasteiger partial charge >= 0.3 is 0 Å². The van der Waals surface area contributed by atoms with Gasteiger partial charge in [-0.3, -0.25) is 14.3 Å². The third kappa shape index (κ3) is 5.37. The highest BCUT2D eigenvalue weighted by atomic mass is 35.5. The number of anilines is 3. The first kappa shape index (κ1) is 21.4. The van der Waals surface area contributed by atoms with Crippen LogP contribution < -0.4 is 15.4 Å². The van der Waals surface area contributed by atoms with Gasteiger partial charge in [0.2, 0.25) is 5.91 Å². The van der Waals surface area contributed by atoms with E-state index < -0.39 is 15.9 Å². The lowest BCUT2D eigenvalue weighted by Crippen LogP contribution is -2.15. The summed E-state index contributed by atoms with van der Waals surface area (Å²) >= 11 is 6.20. The fourth-order valence-electron chi connectivity index (χ4n) is 2.62. The minimum Gasteiger partial charge on any atom is -0.326 e. The first-order valence-corrected chi connectivity index (χ1v) is 10.7. The summed E-state index contributed by atoms with van der Waals surface area (Å²) < 4.78 is 27.2. The third-order valence-electron chi connectivity index (χ3n) is 3.98. The molecule has 0 spiro atoms. The SMILES string of the molecule is CC(=O)Nc1ccc(NC(=O)c2ccc(NS(=O)(=O)c3ccccc3)cc2Cl)cc1. The summed E-state index contributed by atoms with van der Waals surface area (Å²) in [6.45, 7) is 1.40. The molecule has 7 nitrogen and oxygen atoms in total. The monoisotopic (exact) mass is 443 g/mol. The van der Waals surface area contributed by atoms with Gasteiger partial charge in [0.1, 0.15) is 0 Å². The smallest absolute Gasteiger partial charge is 0.261 e. The Balaban J connectivity index is 1.72. The number of sulfonamides is 1. The average Bonchev–Trinajstić information content (AvgIpc) is 2.69. The zero-order valence-corrected chi connectivity index (χ0v) is 17.4. The van der Waals surface area contributed by atoms with Crippen LogP contribution in [-0.2, 0) is 14.8 Å². The number of hydrogen-bond donors (Lipinski definition) is 3. The molecule has 0 aliphatic carbocycles. The second kappa shape index (κ2) is 8.98. The number of nitrogens with one attached hydrogen (secondary N) is 3. The zero-order valence-electron chi connectivity index (χ0n) is 15.8. The summed E-state index contributed by atoms with van der Waals surface area (Å²) in [7, 11) is -3.76. The minimum atomic E-state index is -3.76. The molecule has 2 amide bonds. The molecule has 0 aromatic heterocycles. The van der Waals surface area contributed by atoms with Crippen molar-refractivity contribution < 1.29 is 18.0 Å². The third-order valence-corrected chi connectivity index (χ3v) is 5.69. The van der Waals surface area contributed by atoms with Gasteiger partial charge < -0.3 is 10.6 Å². The van der Waals surface area contributed by atoms with Crippen molar-refractivity contribution in [3.63, 3.8) is 0 Å². The number of carbonyl (C=O) groups is 2. The molecule has 154 valence electrons. The number of carbonyl (C=O) groups excluding carboxylic acids is 2. The predicted octanol–water partition coefficient (Wildman–Crippen LogP) is 4.35. The van der Waals surface area contributed by atoms with Gasteiger partial charge in [-0.25, -0.2) is 8.42 Å². The molecule has 0 fully saturated rings. The van der Waals surface area contributed by atoms with E-state index in [1.807, 2.05) is 0 Å². The molecule has 3 aromatic rings. The lowest BCUT2D eigenvalue weighted by molar-refractivity contribution is -0.114. The second-order valence-electron chi connectivity index (χ2n) is 6.33. The maximum absolute atomic E-state index is 12.5. The Hall–Kier alpha value is -3.36. The van der Waals surface area contributed by atoms with Crippen LogP contribution in [0, 0.1) is 0 Å². The normalized spacial score (nSPS) is 10.9. The van der Waals surface area contributed by atoms with Crippen LogP contribution in [0.2, 0.25) is 5.02 Å². The first-order chi connectivity index (χ1) is 14.2. The van der Waals surface area contributed by atoms with Gasteiger partial charge in [0.25, 0.3) is 15.9 Å². The van der Waals surface area contributed by atoms with Gasteiger partial charge in [-0.2, -0.15) is 0 Å². The van der Waals surface area contributed by atoms with Crippen molar-refractivity contribution >= 4 is 50.5 Å². The van der Waals surface area contributed by atoms with Gasteiger partial charge in [0.15, 0.2) is 0 Å². The molecule has 0 unspecified atom stereocenters. The highest BCUT2D eigenvalue weighted by Gasteiger charge is 2.16. The Morgan fingerprint density at radius 3 is 1.93 bits per heavy atom. The van der Waals surface area contributed by atoms with Crippen LogP contribution in [0.5, 0.6) is 0 Å². The lowest BCUT2D eigenvalue weighted by Gasteiger charge is -2.11. The average molecular weight is 444 g/mol. The Labute approximate surface area is 179 Å². The van der Waals surface area contributed by atoms with Gasteiger partial charge in [-0.05, 0) is 54.6 Å². The summed E-state index contributed by atoms with van der Waals surface area (Å²) in [6, 6.07) is 18.8. The highest BCUT2D eigenvalue weighted by molar-refractivity contribution is 7.92. The van der Waals surface area contributed by atoms with Gasteiger partial charge in [-0.15, -0.1) is 0 Å². The maximum atomic E-state index is 12.5. The lowest BCUT2D eigenvalue weighted by atomic mass is 10.2. The van der Waals surface area contributed by atoms with Crippen LogP contribution in [0.15, 0.2) is 77.7 Å². The number of hydrogen-bond acceptors (Lipinski definition) is 4. The number of benzene rings is 3. The highest BCUT2D eigenvalue weighted by Crippen LogP contribution is 2.24. The molecule has 3 N–H and O–H groups in total. The summed E-state index contributed by atoms with van der Waals surface area (Å²) in [5.41, 5.74) is 1.54.